The van der Waals surface area contributed by atoms with Crippen LogP contribution in [0.3, 0.4) is 0 Å². The molecule has 0 bridgehead atoms. The number of pyridine rings is 1. The Bertz CT molecular complexity index is 497. The van der Waals surface area contributed by atoms with E-state index in [9.17, 15) is 4.79 Å². The third-order valence-electron chi connectivity index (χ3n) is 2.57. The second-order valence-electron chi connectivity index (χ2n) is 4.32. The molecular weight excluding hydrogens is 242 g/mol. The average Bonchev–Trinajstić information content (AvgIpc) is 2.90. The van der Waals surface area contributed by atoms with Gasteiger partial charge in [0.2, 0.25) is 0 Å². The highest BCUT2D eigenvalue weighted by Gasteiger charge is 2.07. The smallest absolute Gasteiger partial charge is 0.315 e. The molecule has 2 N–H and O–H groups in total. The van der Waals surface area contributed by atoms with Crippen LogP contribution in [-0.2, 0) is 13.1 Å². The van der Waals surface area contributed by atoms with Gasteiger partial charge >= 0.3 is 6.03 Å². The summed E-state index contributed by atoms with van der Waals surface area (Å²) in [6.07, 6.45) is 7.02. The van der Waals surface area contributed by atoms with Crippen molar-refractivity contribution in [3.05, 3.63) is 48.5 Å². The molecular formula is C13H17N5O. The minimum Gasteiger partial charge on any atom is -0.334 e. The van der Waals surface area contributed by atoms with Gasteiger partial charge in [-0.25, -0.2) is 4.79 Å². The fourth-order valence-corrected chi connectivity index (χ4v) is 1.69. The van der Waals surface area contributed by atoms with Gasteiger partial charge in [0.15, 0.2) is 0 Å². The third kappa shape index (κ3) is 4.42. The van der Waals surface area contributed by atoms with E-state index in [4.69, 9.17) is 0 Å². The first-order valence-electron chi connectivity index (χ1n) is 6.15. The van der Waals surface area contributed by atoms with E-state index in [0.29, 0.717) is 13.1 Å². The molecule has 100 valence electrons. The summed E-state index contributed by atoms with van der Waals surface area (Å²) in [5.41, 5.74) is 0.970. The van der Waals surface area contributed by atoms with E-state index in [-0.39, 0.29) is 12.1 Å². The summed E-state index contributed by atoms with van der Waals surface area (Å²) in [5, 5.41) is 9.74. The summed E-state index contributed by atoms with van der Waals surface area (Å²) in [6, 6.07) is 5.43. The molecule has 0 spiro atoms. The minimum absolute atomic E-state index is 0.00815. The van der Waals surface area contributed by atoms with Crippen LogP contribution in [0.2, 0.25) is 0 Å². The second kappa shape index (κ2) is 6.53. The highest BCUT2D eigenvalue weighted by atomic mass is 16.2. The van der Waals surface area contributed by atoms with Gasteiger partial charge in [-0.05, 0) is 24.6 Å². The Balaban J connectivity index is 1.72. The maximum absolute atomic E-state index is 11.7. The lowest BCUT2D eigenvalue weighted by Crippen LogP contribution is -2.42. The number of hydrogen-bond acceptors (Lipinski definition) is 3. The van der Waals surface area contributed by atoms with Crippen molar-refractivity contribution in [2.75, 3.05) is 0 Å². The molecule has 2 aromatic rings. The molecule has 2 amide bonds. The van der Waals surface area contributed by atoms with Gasteiger partial charge in [0.1, 0.15) is 0 Å². The zero-order valence-electron chi connectivity index (χ0n) is 10.8. The molecule has 0 aromatic carbocycles. The molecule has 2 rings (SSSR count). The first kappa shape index (κ1) is 13.1. The fourth-order valence-electron chi connectivity index (χ4n) is 1.69. The normalized spacial score (nSPS) is 11.8. The van der Waals surface area contributed by atoms with E-state index < -0.39 is 0 Å². The molecule has 1 atom stereocenters. The molecule has 0 aliphatic heterocycles. The van der Waals surface area contributed by atoms with Gasteiger partial charge in [-0.2, -0.15) is 5.10 Å². The van der Waals surface area contributed by atoms with Gasteiger partial charge in [0.05, 0.1) is 6.54 Å². The van der Waals surface area contributed by atoms with Crippen LogP contribution in [0.5, 0.6) is 0 Å². The number of hydrogen-bond donors (Lipinski definition) is 2. The van der Waals surface area contributed by atoms with Gasteiger partial charge in [0, 0.05) is 37.4 Å². The lowest BCUT2D eigenvalue weighted by atomic mass is 10.3. The molecule has 2 heterocycles. The van der Waals surface area contributed by atoms with Crippen LogP contribution < -0.4 is 10.6 Å². The van der Waals surface area contributed by atoms with Crippen LogP contribution >= 0.6 is 0 Å². The Morgan fingerprint density at radius 3 is 3.00 bits per heavy atom. The number of rotatable bonds is 5. The standard InChI is InChI=1S/C13H17N5O/c1-11(10-18-7-3-6-16-18)17-13(19)15-9-12-4-2-5-14-8-12/h2-8,11H,9-10H2,1H3,(H2,15,17,19)/t11-/m1/s1. The molecule has 19 heavy (non-hydrogen) atoms. The number of aromatic nitrogens is 3. The second-order valence-corrected chi connectivity index (χ2v) is 4.32. The van der Waals surface area contributed by atoms with Crippen molar-refractivity contribution in [1.29, 1.82) is 0 Å². The molecule has 0 unspecified atom stereocenters. The summed E-state index contributed by atoms with van der Waals surface area (Å²) in [5.74, 6) is 0. The Labute approximate surface area is 111 Å². The van der Waals surface area contributed by atoms with Gasteiger partial charge in [0.25, 0.3) is 0 Å². The van der Waals surface area contributed by atoms with Crippen molar-refractivity contribution in [2.45, 2.75) is 26.1 Å². The molecule has 0 saturated heterocycles. The predicted molar refractivity (Wildman–Crippen MR) is 71.3 cm³/mol. The number of urea groups is 1. The SMILES string of the molecule is C[C@H](Cn1cccn1)NC(=O)NCc1cccnc1. The van der Waals surface area contributed by atoms with Crippen molar-refractivity contribution in [1.82, 2.24) is 25.4 Å². The van der Waals surface area contributed by atoms with Crippen LogP contribution in [0.1, 0.15) is 12.5 Å². The van der Waals surface area contributed by atoms with Crippen LogP contribution in [0.4, 0.5) is 4.79 Å². The predicted octanol–water partition coefficient (Wildman–Crippen LogP) is 1.17. The van der Waals surface area contributed by atoms with Crippen molar-refractivity contribution in [2.24, 2.45) is 0 Å². The van der Waals surface area contributed by atoms with E-state index in [1.807, 2.05) is 31.3 Å². The van der Waals surface area contributed by atoms with Crippen LogP contribution in [0.25, 0.3) is 0 Å². The molecule has 0 saturated carbocycles. The fraction of sp³-hybridized carbons (Fsp3) is 0.308. The van der Waals surface area contributed by atoms with Crippen LogP contribution in [0.15, 0.2) is 43.0 Å². The number of carbonyl (C=O) groups is 1. The summed E-state index contributed by atoms with van der Waals surface area (Å²) in [7, 11) is 0. The first-order chi connectivity index (χ1) is 9.24. The molecule has 6 heteroatoms. The molecule has 0 fully saturated rings. The van der Waals surface area contributed by atoms with Gasteiger partial charge in [-0.3, -0.25) is 9.67 Å². The molecule has 0 radical (unpaired) electrons. The Hall–Kier alpha value is -2.37. The number of amides is 2. The lowest BCUT2D eigenvalue weighted by molar-refractivity contribution is 0.235. The van der Waals surface area contributed by atoms with Crippen molar-refractivity contribution < 1.29 is 4.79 Å². The van der Waals surface area contributed by atoms with E-state index >= 15 is 0 Å². The monoisotopic (exact) mass is 259 g/mol. The number of nitrogens with zero attached hydrogens (tertiary/aromatic N) is 3. The molecule has 6 nitrogen and oxygen atoms in total. The van der Waals surface area contributed by atoms with E-state index in [1.54, 1.807) is 23.3 Å². The number of nitrogens with one attached hydrogen (secondary N) is 2. The highest BCUT2D eigenvalue weighted by molar-refractivity contribution is 5.74. The molecule has 0 aliphatic carbocycles. The van der Waals surface area contributed by atoms with Crippen LogP contribution in [-0.4, -0.2) is 26.8 Å². The Kier molecular flexibility index (Phi) is 4.49. The van der Waals surface area contributed by atoms with Gasteiger partial charge < -0.3 is 10.6 Å². The molecule has 0 aliphatic rings. The summed E-state index contributed by atoms with van der Waals surface area (Å²) < 4.78 is 1.78. The van der Waals surface area contributed by atoms with E-state index in [1.165, 1.54) is 0 Å². The zero-order valence-corrected chi connectivity index (χ0v) is 10.8. The van der Waals surface area contributed by atoms with Crippen molar-refractivity contribution in [3.8, 4) is 0 Å². The largest absolute Gasteiger partial charge is 0.334 e. The quantitative estimate of drug-likeness (QED) is 0.846. The maximum atomic E-state index is 11.7. The van der Waals surface area contributed by atoms with Gasteiger partial charge in [-0.1, -0.05) is 6.07 Å². The van der Waals surface area contributed by atoms with Gasteiger partial charge in [-0.15, -0.1) is 0 Å². The first-order valence-corrected chi connectivity index (χ1v) is 6.15. The van der Waals surface area contributed by atoms with Crippen LogP contribution in [0, 0.1) is 0 Å². The number of carbonyl (C=O) groups excluding carboxylic acids is 1. The summed E-state index contributed by atoms with van der Waals surface area (Å²) in [4.78, 5) is 15.7. The minimum atomic E-state index is -0.191. The zero-order chi connectivity index (χ0) is 13.5. The third-order valence-corrected chi connectivity index (χ3v) is 2.57. The van der Waals surface area contributed by atoms with E-state index in [2.05, 4.69) is 20.7 Å². The van der Waals surface area contributed by atoms with E-state index in [0.717, 1.165) is 5.56 Å². The molecule has 2 aromatic heterocycles. The topological polar surface area (TPSA) is 71.8 Å². The lowest BCUT2D eigenvalue weighted by Gasteiger charge is -2.14. The van der Waals surface area contributed by atoms with Crippen molar-refractivity contribution >= 4 is 6.03 Å². The highest BCUT2D eigenvalue weighted by Crippen LogP contribution is 1.94. The summed E-state index contributed by atoms with van der Waals surface area (Å²) in [6.45, 7) is 3.05. The Morgan fingerprint density at radius 2 is 2.32 bits per heavy atom. The van der Waals surface area contributed by atoms with Crippen molar-refractivity contribution in [3.63, 3.8) is 0 Å². The average molecular weight is 259 g/mol. The maximum Gasteiger partial charge on any atom is 0.315 e. The Morgan fingerprint density at radius 1 is 1.42 bits per heavy atom. The summed E-state index contributed by atoms with van der Waals surface area (Å²) >= 11 is 0.